The summed E-state index contributed by atoms with van der Waals surface area (Å²) in [6, 6.07) is 1.22. The number of hydrogen-bond acceptors (Lipinski definition) is 6. The molecular weight excluding hydrogens is 340 g/mol. The van der Waals surface area contributed by atoms with Crippen LogP contribution in [0.25, 0.3) is 0 Å². The molecule has 2 fully saturated rings. The van der Waals surface area contributed by atoms with Crippen LogP contribution in [-0.2, 0) is 4.74 Å². The SMILES string of the molecule is COCCCN1CCN(C(C)C)C(CC(C)(C)N2CCN(CCO)CC2)C1. The quantitative estimate of drug-likeness (QED) is 0.571. The molecule has 0 aromatic rings. The molecule has 0 bridgehead atoms. The van der Waals surface area contributed by atoms with E-state index in [1.165, 1.54) is 26.1 Å². The average molecular weight is 385 g/mol. The van der Waals surface area contributed by atoms with E-state index < -0.39 is 0 Å². The third-order valence-electron chi connectivity index (χ3n) is 6.48. The van der Waals surface area contributed by atoms with Gasteiger partial charge in [0.05, 0.1) is 6.61 Å². The number of methoxy groups -OCH3 is 1. The van der Waals surface area contributed by atoms with Gasteiger partial charge in [-0.25, -0.2) is 0 Å². The molecule has 0 aromatic heterocycles. The summed E-state index contributed by atoms with van der Waals surface area (Å²) in [5.41, 5.74) is 0.207. The highest BCUT2D eigenvalue weighted by molar-refractivity contribution is 4.94. The van der Waals surface area contributed by atoms with Crippen LogP contribution in [0.4, 0.5) is 0 Å². The fourth-order valence-electron chi connectivity index (χ4n) is 4.85. The zero-order valence-corrected chi connectivity index (χ0v) is 18.5. The normalized spacial score (nSPS) is 24.8. The summed E-state index contributed by atoms with van der Waals surface area (Å²) in [7, 11) is 1.79. The van der Waals surface area contributed by atoms with E-state index in [9.17, 15) is 5.11 Å². The lowest BCUT2D eigenvalue weighted by atomic mass is 9.89. The van der Waals surface area contributed by atoms with Crippen molar-refractivity contribution in [3.05, 3.63) is 0 Å². The van der Waals surface area contributed by atoms with Crippen LogP contribution in [0.2, 0.25) is 0 Å². The summed E-state index contributed by atoms with van der Waals surface area (Å²) in [4.78, 5) is 10.4. The van der Waals surface area contributed by atoms with E-state index in [-0.39, 0.29) is 12.1 Å². The number of rotatable bonds is 10. The lowest BCUT2D eigenvalue weighted by molar-refractivity contribution is -0.00876. The molecule has 0 spiro atoms. The standard InChI is InChI=1S/C21H44N4O2/c1-19(2)25-13-10-23(7-6-16-27-5)18-20(25)17-21(3,4)24-11-8-22(9-12-24)14-15-26/h19-20,26H,6-18H2,1-5H3. The number of hydrogen-bond donors (Lipinski definition) is 1. The highest BCUT2D eigenvalue weighted by atomic mass is 16.5. The number of aliphatic hydroxyl groups excluding tert-OH is 1. The monoisotopic (exact) mass is 384 g/mol. The molecule has 160 valence electrons. The first-order valence-corrected chi connectivity index (χ1v) is 10.9. The molecule has 0 amide bonds. The Hall–Kier alpha value is -0.240. The molecule has 6 heteroatoms. The molecule has 0 radical (unpaired) electrons. The molecule has 0 aliphatic carbocycles. The average Bonchev–Trinajstić information content (AvgIpc) is 2.62. The fraction of sp³-hybridized carbons (Fsp3) is 1.00. The molecule has 1 atom stereocenters. The lowest BCUT2D eigenvalue weighted by Crippen LogP contribution is -2.61. The van der Waals surface area contributed by atoms with Gasteiger partial charge in [0.25, 0.3) is 0 Å². The van der Waals surface area contributed by atoms with Crippen LogP contribution in [-0.4, -0.2) is 122 Å². The highest BCUT2D eigenvalue weighted by Crippen LogP contribution is 2.27. The Morgan fingerprint density at radius 1 is 1.00 bits per heavy atom. The van der Waals surface area contributed by atoms with Gasteiger partial charge in [-0.3, -0.25) is 14.7 Å². The second-order valence-corrected chi connectivity index (χ2v) is 9.20. The van der Waals surface area contributed by atoms with Crippen LogP contribution < -0.4 is 0 Å². The van der Waals surface area contributed by atoms with Crippen molar-refractivity contribution in [2.24, 2.45) is 0 Å². The summed E-state index contributed by atoms with van der Waals surface area (Å²) in [6.07, 6.45) is 2.34. The van der Waals surface area contributed by atoms with Gasteiger partial charge in [-0.1, -0.05) is 0 Å². The minimum absolute atomic E-state index is 0.207. The first kappa shape index (κ1) is 23.0. The van der Waals surface area contributed by atoms with Gasteiger partial charge < -0.3 is 14.7 Å². The van der Waals surface area contributed by atoms with Crippen molar-refractivity contribution < 1.29 is 9.84 Å². The van der Waals surface area contributed by atoms with Crippen LogP contribution >= 0.6 is 0 Å². The predicted octanol–water partition coefficient (Wildman–Crippen LogP) is 1.20. The lowest BCUT2D eigenvalue weighted by Gasteiger charge is -2.50. The Morgan fingerprint density at radius 2 is 1.67 bits per heavy atom. The van der Waals surface area contributed by atoms with Gasteiger partial charge in [0.1, 0.15) is 0 Å². The Labute approximate surface area is 167 Å². The number of β-amino-alcohol motifs (C(OH)–C–C–N with tert-alkyl or cyclic N) is 1. The second kappa shape index (κ2) is 11.1. The van der Waals surface area contributed by atoms with E-state index in [4.69, 9.17) is 4.74 Å². The number of piperazine rings is 2. The summed E-state index contributed by atoms with van der Waals surface area (Å²) < 4.78 is 5.24. The largest absolute Gasteiger partial charge is 0.395 e. The summed E-state index contributed by atoms with van der Waals surface area (Å²) >= 11 is 0. The van der Waals surface area contributed by atoms with Crippen molar-refractivity contribution >= 4 is 0 Å². The van der Waals surface area contributed by atoms with Crippen molar-refractivity contribution in [2.45, 2.75) is 58.2 Å². The number of aliphatic hydroxyl groups is 1. The molecule has 6 nitrogen and oxygen atoms in total. The maximum atomic E-state index is 9.17. The van der Waals surface area contributed by atoms with E-state index in [2.05, 4.69) is 47.3 Å². The number of nitrogens with zero attached hydrogens (tertiary/aromatic N) is 4. The van der Waals surface area contributed by atoms with Crippen molar-refractivity contribution in [3.8, 4) is 0 Å². The Bertz CT molecular complexity index is 411. The zero-order chi connectivity index (χ0) is 19.9. The summed E-state index contributed by atoms with van der Waals surface area (Å²) in [5, 5.41) is 9.17. The van der Waals surface area contributed by atoms with E-state index in [1.807, 2.05) is 0 Å². The van der Waals surface area contributed by atoms with Crippen molar-refractivity contribution in [1.29, 1.82) is 0 Å². The van der Waals surface area contributed by atoms with Crippen molar-refractivity contribution in [1.82, 2.24) is 19.6 Å². The molecule has 2 heterocycles. The van der Waals surface area contributed by atoms with Gasteiger partial charge in [0, 0.05) is 90.2 Å². The molecular formula is C21H44N4O2. The maximum absolute atomic E-state index is 9.17. The number of ether oxygens (including phenoxy) is 1. The minimum Gasteiger partial charge on any atom is -0.395 e. The zero-order valence-electron chi connectivity index (χ0n) is 18.5. The third-order valence-corrected chi connectivity index (χ3v) is 6.48. The molecule has 2 rings (SSSR count). The van der Waals surface area contributed by atoms with Crippen LogP contribution in [0.15, 0.2) is 0 Å². The smallest absolute Gasteiger partial charge is 0.0558 e. The maximum Gasteiger partial charge on any atom is 0.0558 e. The minimum atomic E-state index is 0.207. The van der Waals surface area contributed by atoms with Crippen LogP contribution in [0.5, 0.6) is 0 Å². The highest BCUT2D eigenvalue weighted by Gasteiger charge is 2.37. The molecule has 2 aliphatic rings. The topological polar surface area (TPSA) is 42.4 Å². The van der Waals surface area contributed by atoms with E-state index in [0.29, 0.717) is 12.1 Å². The predicted molar refractivity (Wildman–Crippen MR) is 112 cm³/mol. The van der Waals surface area contributed by atoms with Gasteiger partial charge in [0.2, 0.25) is 0 Å². The first-order chi connectivity index (χ1) is 12.9. The molecule has 2 saturated heterocycles. The van der Waals surface area contributed by atoms with Gasteiger partial charge in [-0.2, -0.15) is 0 Å². The molecule has 1 N–H and O–H groups in total. The van der Waals surface area contributed by atoms with Gasteiger partial charge in [0.15, 0.2) is 0 Å². The Balaban J connectivity index is 1.93. The van der Waals surface area contributed by atoms with E-state index >= 15 is 0 Å². The molecule has 0 saturated carbocycles. The fourth-order valence-corrected chi connectivity index (χ4v) is 4.85. The molecule has 27 heavy (non-hydrogen) atoms. The summed E-state index contributed by atoms with van der Waals surface area (Å²) in [6.45, 7) is 20.5. The Morgan fingerprint density at radius 3 is 2.26 bits per heavy atom. The first-order valence-electron chi connectivity index (χ1n) is 10.9. The van der Waals surface area contributed by atoms with Crippen molar-refractivity contribution in [3.63, 3.8) is 0 Å². The molecule has 2 aliphatic heterocycles. The summed E-state index contributed by atoms with van der Waals surface area (Å²) in [5.74, 6) is 0. The van der Waals surface area contributed by atoms with Crippen LogP contribution in [0.1, 0.15) is 40.5 Å². The molecule has 1 unspecified atom stereocenters. The van der Waals surface area contributed by atoms with Gasteiger partial charge >= 0.3 is 0 Å². The molecule has 0 aromatic carbocycles. The van der Waals surface area contributed by atoms with Crippen molar-refractivity contribution in [2.75, 3.05) is 79.2 Å². The van der Waals surface area contributed by atoms with E-state index in [0.717, 1.165) is 52.3 Å². The van der Waals surface area contributed by atoms with E-state index in [1.54, 1.807) is 7.11 Å². The third kappa shape index (κ3) is 6.94. The van der Waals surface area contributed by atoms with Gasteiger partial charge in [-0.15, -0.1) is 0 Å². The Kier molecular flexibility index (Phi) is 9.45. The van der Waals surface area contributed by atoms with Gasteiger partial charge in [-0.05, 0) is 40.5 Å². The second-order valence-electron chi connectivity index (χ2n) is 9.20. The van der Waals surface area contributed by atoms with Crippen LogP contribution in [0.3, 0.4) is 0 Å². The van der Waals surface area contributed by atoms with Crippen LogP contribution in [0, 0.1) is 0 Å².